The largest absolute Gasteiger partial charge is 0.280 e. The van der Waals surface area contributed by atoms with Crippen molar-refractivity contribution in [2.45, 2.75) is 11.8 Å². The van der Waals surface area contributed by atoms with Crippen molar-refractivity contribution in [3.05, 3.63) is 59.7 Å². The van der Waals surface area contributed by atoms with Crippen molar-refractivity contribution in [1.29, 1.82) is 0 Å². The van der Waals surface area contributed by atoms with Crippen molar-refractivity contribution < 1.29 is 17.2 Å². The molecule has 0 atom stereocenters. The molecule has 100 valence electrons. The maximum Gasteiger partial charge on any atom is 0.262 e. The first kappa shape index (κ1) is 13.5. The third-order valence-electron chi connectivity index (χ3n) is 2.42. The number of benzene rings is 2. The Kier molecular flexibility index (Phi) is 3.53. The van der Waals surface area contributed by atoms with E-state index in [-0.39, 0.29) is 0 Å². The lowest BCUT2D eigenvalue weighted by Crippen LogP contribution is -2.13. The Morgan fingerprint density at radius 3 is 2.21 bits per heavy atom. The van der Waals surface area contributed by atoms with Gasteiger partial charge in [0.25, 0.3) is 10.0 Å². The summed E-state index contributed by atoms with van der Waals surface area (Å²) in [5.41, 5.74) is 1.20. The van der Waals surface area contributed by atoms with Gasteiger partial charge in [-0.15, -0.1) is 0 Å². The second kappa shape index (κ2) is 4.97. The van der Waals surface area contributed by atoms with E-state index in [0.29, 0.717) is 11.8 Å². The van der Waals surface area contributed by atoms with Crippen LogP contribution >= 0.6 is 0 Å². The minimum Gasteiger partial charge on any atom is -0.280 e. The van der Waals surface area contributed by atoms with Crippen LogP contribution in [-0.4, -0.2) is 8.42 Å². The van der Waals surface area contributed by atoms with Crippen molar-refractivity contribution in [2.24, 2.45) is 0 Å². The average Bonchev–Trinajstić information content (AvgIpc) is 2.26. The molecule has 2 rings (SSSR count). The summed E-state index contributed by atoms with van der Waals surface area (Å²) in [6.07, 6.45) is 0. The average molecular weight is 283 g/mol. The third kappa shape index (κ3) is 3.29. The van der Waals surface area contributed by atoms with Crippen molar-refractivity contribution in [3.8, 4) is 0 Å². The van der Waals surface area contributed by atoms with Gasteiger partial charge in [0.2, 0.25) is 0 Å². The van der Waals surface area contributed by atoms with E-state index >= 15 is 0 Å². The molecule has 0 aliphatic heterocycles. The second-order valence-corrected chi connectivity index (χ2v) is 5.76. The number of sulfonamides is 1. The summed E-state index contributed by atoms with van der Waals surface area (Å²) < 4.78 is 52.3. The Labute approximate surface area is 109 Å². The highest BCUT2D eigenvalue weighted by Gasteiger charge is 2.16. The van der Waals surface area contributed by atoms with Crippen LogP contribution in [0, 0.1) is 18.6 Å². The van der Waals surface area contributed by atoms with Gasteiger partial charge in [-0.25, -0.2) is 17.2 Å². The molecule has 19 heavy (non-hydrogen) atoms. The molecule has 0 radical (unpaired) electrons. The summed E-state index contributed by atoms with van der Waals surface area (Å²) in [6, 6.07) is 8.81. The maximum absolute atomic E-state index is 13.0. The van der Waals surface area contributed by atoms with E-state index in [9.17, 15) is 17.2 Å². The molecule has 6 heteroatoms. The Balaban J connectivity index is 2.37. The van der Waals surface area contributed by atoms with Crippen LogP contribution in [0.15, 0.2) is 47.4 Å². The smallest absolute Gasteiger partial charge is 0.262 e. The highest BCUT2D eigenvalue weighted by Crippen LogP contribution is 2.18. The van der Waals surface area contributed by atoms with Crippen LogP contribution in [0.3, 0.4) is 0 Å². The number of anilines is 1. The van der Waals surface area contributed by atoms with Gasteiger partial charge >= 0.3 is 0 Å². The highest BCUT2D eigenvalue weighted by molar-refractivity contribution is 7.92. The van der Waals surface area contributed by atoms with Crippen LogP contribution in [0.25, 0.3) is 0 Å². The van der Waals surface area contributed by atoms with Crippen molar-refractivity contribution >= 4 is 15.7 Å². The highest BCUT2D eigenvalue weighted by atomic mass is 32.2. The van der Waals surface area contributed by atoms with E-state index in [2.05, 4.69) is 4.72 Å². The maximum atomic E-state index is 13.0. The summed E-state index contributed by atoms with van der Waals surface area (Å²) in [6.45, 7) is 1.81. The molecule has 0 unspecified atom stereocenters. The van der Waals surface area contributed by atoms with Crippen molar-refractivity contribution in [1.82, 2.24) is 0 Å². The predicted octanol–water partition coefficient (Wildman–Crippen LogP) is 3.07. The zero-order valence-electron chi connectivity index (χ0n) is 10.0. The molecule has 1 N–H and O–H groups in total. The molecule has 0 amide bonds. The molecular weight excluding hydrogens is 272 g/mol. The van der Waals surface area contributed by atoms with Crippen LogP contribution < -0.4 is 4.72 Å². The molecule has 0 aromatic heterocycles. The molecule has 0 saturated carbocycles. The summed E-state index contributed by atoms with van der Waals surface area (Å²) >= 11 is 0. The molecule has 2 aromatic rings. The molecule has 0 saturated heterocycles. The quantitative estimate of drug-likeness (QED) is 0.941. The Hall–Kier alpha value is -1.95. The van der Waals surface area contributed by atoms with Gasteiger partial charge in [0, 0.05) is 11.8 Å². The minimum absolute atomic E-state index is 0.338. The molecule has 0 spiro atoms. The van der Waals surface area contributed by atoms with Gasteiger partial charge in [0.1, 0.15) is 11.6 Å². The summed E-state index contributed by atoms with van der Waals surface area (Å²) in [7, 11) is -4.01. The van der Waals surface area contributed by atoms with Gasteiger partial charge in [0.05, 0.1) is 4.90 Å². The van der Waals surface area contributed by atoms with E-state index in [4.69, 9.17) is 0 Å². The fourth-order valence-corrected chi connectivity index (χ4v) is 2.70. The lowest BCUT2D eigenvalue weighted by molar-refractivity contribution is 0.568. The van der Waals surface area contributed by atoms with E-state index in [1.54, 1.807) is 31.2 Å². The summed E-state index contributed by atoms with van der Waals surface area (Å²) in [5.74, 6) is -1.88. The number of hydrogen-bond acceptors (Lipinski definition) is 2. The first-order valence-electron chi connectivity index (χ1n) is 5.42. The lowest BCUT2D eigenvalue weighted by atomic mass is 10.2. The fraction of sp³-hybridized carbons (Fsp3) is 0.0769. The molecule has 0 aliphatic carbocycles. The first-order valence-corrected chi connectivity index (χ1v) is 6.91. The van der Waals surface area contributed by atoms with Gasteiger partial charge < -0.3 is 0 Å². The van der Waals surface area contributed by atoms with Crippen LogP contribution in [-0.2, 0) is 10.0 Å². The van der Waals surface area contributed by atoms with Gasteiger partial charge in [-0.05, 0) is 36.8 Å². The van der Waals surface area contributed by atoms with E-state index in [0.717, 1.165) is 17.7 Å². The van der Waals surface area contributed by atoms with Crippen LogP contribution in [0.5, 0.6) is 0 Å². The van der Waals surface area contributed by atoms with E-state index in [1.165, 1.54) is 0 Å². The third-order valence-corrected chi connectivity index (χ3v) is 3.78. The van der Waals surface area contributed by atoms with E-state index in [1.807, 2.05) is 0 Å². The molecule has 2 aromatic carbocycles. The van der Waals surface area contributed by atoms with Crippen molar-refractivity contribution in [3.63, 3.8) is 0 Å². The SMILES string of the molecule is Cc1cccc(NS(=O)(=O)c2cc(F)cc(F)c2)c1. The molecule has 0 fully saturated rings. The number of halogens is 2. The fourth-order valence-electron chi connectivity index (χ4n) is 1.61. The summed E-state index contributed by atoms with van der Waals surface area (Å²) in [5, 5.41) is 0. The summed E-state index contributed by atoms with van der Waals surface area (Å²) in [4.78, 5) is -0.452. The predicted molar refractivity (Wildman–Crippen MR) is 68.3 cm³/mol. The standard InChI is InChI=1S/C13H11F2NO2S/c1-9-3-2-4-12(5-9)16-19(17,18)13-7-10(14)6-11(15)8-13/h2-8,16H,1H3. The molecule has 0 bridgehead atoms. The number of hydrogen-bond donors (Lipinski definition) is 1. The Morgan fingerprint density at radius 1 is 1.00 bits per heavy atom. The molecular formula is C13H11F2NO2S. The zero-order valence-corrected chi connectivity index (χ0v) is 10.8. The molecule has 0 aliphatic rings. The Morgan fingerprint density at radius 2 is 1.63 bits per heavy atom. The van der Waals surface area contributed by atoms with E-state index < -0.39 is 26.6 Å². The first-order chi connectivity index (χ1) is 8.87. The van der Waals surface area contributed by atoms with Crippen molar-refractivity contribution in [2.75, 3.05) is 4.72 Å². The topological polar surface area (TPSA) is 46.2 Å². The number of rotatable bonds is 3. The monoisotopic (exact) mass is 283 g/mol. The number of nitrogens with one attached hydrogen (secondary N) is 1. The van der Waals surface area contributed by atoms with Gasteiger partial charge in [-0.3, -0.25) is 4.72 Å². The zero-order chi connectivity index (χ0) is 14.0. The van der Waals surface area contributed by atoms with Gasteiger partial charge in [-0.2, -0.15) is 0 Å². The van der Waals surface area contributed by atoms with Gasteiger partial charge in [0.15, 0.2) is 0 Å². The van der Waals surface area contributed by atoms with Crippen LogP contribution in [0.2, 0.25) is 0 Å². The van der Waals surface area contributed by atoms with Crippen LogP contribution in [0.4, 0.5) is 14.5 Å². The number of aryl methyl sites for hydroxylation is 1. The molecule has 3 nitrogen and oxygen atoms in total. The lowest BCUT2D eigenvalue weighted by Gasteiger charge is -2.08. The normalized spacial score (nSPS) is 11.3. The van der Waals surface area contributed by atoms with Gasteiger partial charge in [-0.1, -0.05) is 12.1 Å². The molecule has 0 heterocycles. The Bertz CT molecular complexity index is 694. The second-order valence-electron chi connectivity index (χ2n) is 4.08. The van der Waals surface area contributed by atoms with Crippen LogP contribution in [0.1, 0.15) is 5.56 Å². The minimum atomic E-state index is -4.01.